The van der Waals surface area contributed by atoms with Gasteiger partial charge in [-0.2, -0.15) is 0 Å². The van der Waals surface area contributed by atoms with Crippen molar-refractivity contribution in [1.82, 2.24) is 15.2 Å². The van der Waals surface area contributed by atoms with Crippen LogP contribution in [-0.4, -0.2) is 28.8 Å². The average Bonchev–Trinajstić information content (AvgIpc) is 2.98. The number of thiazole rings is 1. The van der Waals surface area contributed by atoms with E-state index in [4.69, 9.17) is 4.74 Å². The Morgan fingerprint density at radius 1 is 1.39 bits per heavy atom. The normalized spacial score (nSPS) is 10.8. The summed E-state index contributed by atoms with van der Waals surface area (Å²) in [6.07, 6.45) is 2.31. The summed E-state index contributed by atoms with van der Waals surface area (Å²) >= 11 is 3.12. The summed E-state index contributed by atoms with van der Waals surface area (Å²) in [4.78, 5) is 4.45. The zero-order valence-electron chi connectivity index (χ0n) is 10.5. The third kappa shape index (κ3) is 3.47. The van der Waals surface area contributed by atoms with Crippen LogP contribution in [0.3, 0.4) is 0 Å². The number of ether oxygens (including phenoxy) is 1. The van der Waals surface area contributed by atoms with Crippen molar-refractivity contribution in [2.24, 2.45) is 0 Å². The van der Waals surface area contributed by atoms with Gasteiger partial charge in [0.15, 0.2) is 5.01 Å². The van der Waals surface area contributed by atoms with Crippen LogP contribution in [0.5, 0.6) is 0 Å². The molecule has 0 unspecified atom stereocenters. The van der Waals surface area contributed by atoms with Crippen LogP contribution >= 0.6 is 22.7 Å². The lowest BCUT2D eigenvalue weighted by atomic mass is 10.3. The zero-order chi connectivity index (χ0) is 12.8. The van der Waals surface area contributed by atoms with Gasteiger partial charge in [-0.3, -0.25) is 0 Å². The molecule has 2 aromatic rings. The van der Waals surface area contributed by atoms with Gasteiger partial charge in [-0.15, -0.1) is 21.5 Å². The standard InChI is InChI=1S/C11H16N4OS2/c1-3-4-5-12-11-15-14-10(18-11)8-7-17-9(13-8)6-16-2/h7H,3-6H2,1-2H3,(H,12,15). The second-order valence-electron chi connectivity index (χ2n) is 3.75. The van der Waals surface area contributed by atoms with Crippen molar-refractivity contribution in [3.05, 3.63) is 10.4 Å². The Bertz CT molecular complexity index is 483. The molecular weight excluding hydrogens is 268 g/mol. The molecule has 0 aliphatic carbocycles. The monoisotopic (exact) mass is 284 g/mol. The summed E-state index contributed by atoms with van der Waals surface area (Å²) in [7, 11) is 1.67. The summed E-state index contributed by atoms with van der Waals surface area (Å²) in [5.41, 5.74) is 0.882. The van der Waals surface area contributed by atoms with E-state index in [1.54, 1.807) is 18.4 Å². The van der Waals surface area contributed by atoms with Gasteiger partial charge >= 0.3 is 0 Å². The number of rotatable bonds is 7. The number of anilines is 1. The van der Waals surface area contributed by atoms with Crippen molar-refractivity contribution >= 4 is 27.8 Å². The van der Waals surface area contributed by atoms with Crippen LogP contribution < -0.4 is 5.32 Å². The van der Waals surface area contributed by atoms with E-state index in [-0.39, 0.29) is 0 Å². The lowest BCUT2D eigenvalue weighted by Crippen LogP contribution is -1.99. The van der Waals surface area contributed by atoms with Crippen LogP contribution in [-0.2, 0) is 11.3 Å². The molecule has 18 heavy (non-hydrogen) atoms. The molecule has 0 aromatic carbocycles. The maximum Gasteiger partial charge on any atom is 0.206 e. The second-order valence-corrected chi connectivity index (χ2v) is 5.67. The molecule has 7 heteroatoms. The Hall–Kier alpha value is -1.05. The molecule has 2 aromatic heterocycles. The molecule has 0 aliphatic heterocycles. The highest BCUT2D eigenvalue weighted by atomic mass is 32.1. The van der Waals surface area contributed by atoms with E-state index >= 15 is 0 Å². The first-order valence-corrected chi connectivity index (χ1v) is 7.54. The van der Waals surface area contributed by atoms with Gasteiger partial charge in [-0.05, 0) is 6.42 Å². The lowest BCUT2D eigenvalue weighted by molar-refractivity contribution is 0.184. The Labute approximate surface area is 114 Å². The van der Waals surface area contributed by atoms with Crippen LogP contribution in [0, 0.1) is 0 Å². The second kappa shape index (κ2) is 6.77. The summed E-state index contributed by atoms with van der Waals surface area (Å²) < 4.78 is 5.05. The molecule has 0 amide bonds. The third-order valence-corrected chi connectivity index (χ3v) is 4.00. The predicted molar refractivity (Wildman–Crippen MR) is 75.1 cm³/mol. The highest BCUT2D eigenvalue weighted by molar-refractivity contribution is 7.18. The number of methoxy groups -OCH3 is 1. The summed E-state index contributed by atoms with van der Waals surface area (Å²) in [5, 5.41) is 16.2. The highest BCUT2D eigenvalue weighted by Crippen LogP contribution is 2.27. The molecule has 2 rings (SSSR count). The van der Waals surface area contributed by atoms with E-state index in [0.717, 1.165) is 33.8 Å². The largest absolute Gasteiger partial charge is 0.378 e. The summed E-state index contributed by atoms with van der Waals surface area (Å²) in [5.74, 6) is 0. The van der Waals surface area contributed by atoms with Gasteiger partial charge in [-0.1, -0.05) is 24.7 Å². The van der Waals surface area contributed by atoms with Gasteiger partial charge in [0.05, 0.1) is 6.61 Å². The van der Waals surface area contributed by atoms with E-state index in [9.17, 15) is 0 Å². The van der Waals surface area contributed by atoms with E-state index in [1.165, 1.54) is 17.8 Å². The van der Waals surface area contributed by atoms with Crippen molar-refractivity contribution in [2.45, 2.75) is 26.4 Å². The third-order valence-electron chi connectivity index (χ3n) is 2.27. The molecule has 5 nitrogen and oxygen atoms in total. The molecule has 0 saturated carbocycles. The molecule has 1 N–H and O–H groups in total. The number of hydrogen-bond acceptors (Lipinski definition) is 7. The number of nitrogens with one attached hydrogen (secondary N) is 1. The van der Waals surface area contributed by atoms with Gasteiger partial charge in [0.2, 0.25) is 5.13 Å². The minimum absolute atomic E-state index is 0.547. The van der Waals surface area contributed by atoms with Gasteiger partial charge in [-0.25, -0.2) is 4.98 Å². The number of unbranched alkanes of at least 4 members (excludes halogenated alkanes) is 1. The van der Waals surface area contributed by atoms with Crippen LogP contribution in [0.15, 0.2) is 5.38 Å². The predicted octanol–water partition coefficient (Wildman–Crippen LogP) is 3.02. The van der Waals surface area contributed by atoms with Crippen LogP contribution in [0.25, 0.3) is 10.7 Å². The molecule has 0 bridgehead atoms. The topological polar surface area (TPSA) is 59.9 Å². The number of hydrogen-bond donors (Lipinski definition) is 1. The first-order chi connectivity index (χ1) is 8.83. The number of aromatic nitrogens is 3. The van der Waals surface area contributed by atoms with Crippen molar-refractivity contribution in [3.63, 3.8) is 0 Å². The average molecular weight is 284 g/mol. The lowest BCUT2D eigenvalue weighted by Gasteiger charge is -1.97. The summed E-state index contributed by atoms with van der Waals surface area (Å²) in [6, 6.07) is 0. The van der Waals surface area contributed by atoms with Crippen molar-refractivity contribution in [1.29, 1.82) is 0 Å². The van der Waals surface area contributed by atoms with Gasteiger partial charge in [0, 0.05) is 19.0 Å². The Kier molecular flexibility index (Phi) is 5.03. The van der Waals surface area contributed by atoms with E-state index in [0.29, 0.717) is 6.61 Å². The molecule has 98 valence electrons. The minimum Gasteiger partial charge on any atom is -0.378 e. The first kappa shape index (κ1) is 13.4. The minimum atomic E-state index is 0.547. The smallest absolute Gasteiger partial charge is 0.206 e. The SMILES string of the molecule is CCCCNc1nnc(-c2csc(COC)n2)s1. The van der Waals surface area contributed by atoms with E-state index in [2.05, 4.69) is 27.4 Å². The van der Waals surface area contributed by atoms with Crippen molar-refractivity contribution in [2.75, 3.05) is 19.0 Å². The van der Waals surface area contributed by atoms with E-state index in [1.807, 2.05) is 5.38 Å². The number of nitrogens with zero attached hydrogens (tertiary/aromatic N) is 3. The maximum absolute atomic E-state index is 5.05. The fraction of sp³-hybridized carbons (Fsp3) is 0.545. The molecule has 2 heterocycles. The van der Waals surface area contributed by atoms with Crippen molar-refractivity contribution in [3.8, 4) is 10.7 Å². The van der Waals surface area contributed by atoms with Gasteiger partial charge in [0.25, 0.3) is 0 Å². The Balaban J connectivity index is 1.99. The molecule has 0 saturated heterocycles. The van der Waals surface area contributed by atoms with E-state index < -0.39 is 0 Å². The molecule has 0 spiro atoms. The van der Waals surface area contributed by atoms with Gasteiger partial charge < -0.3 is 10.1 Å². The molecule has 0 radical (unpaired) electrons. The Morgan fingerprint density at radius 2 is 2.28 bits per heavy atom. The molecule has 0 aliphatic rings. The van der Waals surface area contributed by atoms with Gasteiger partial charge in [0.1, 0.15) is 10.7 Å². The highest BCUT2D eigenvalue weighted by Gasteiger charge is 2.10. The van der Waals surface area contributed by atoms with Crippen LogP contribution in [0.1, 0.15) is 24.8 Å². The fourth-order valence-corrected chi connectivity index (χ4v) is 2.92. The maximum atomic E-state index is 5.05. The Morgan fingerprint density at radius 3 is 3.06 bits per heavy atom. The van der Waals surface area contributed by atoms with Crippen LogP contribution in [0.2, 0.25) is 0 Å². The van der Waals surface area contributed by atoms with Crippen LogP contribution in [0.4, 0.5) is 5.13 Å². The van der Waals surface area contributed by atoms with Crippen molar-refractivity contribution < 1.29 is 4.74 Å². The molecular formula is C11H16N4OS2. The molecule has 0 fully saturated rings. The fourth-order valence-electron chi connectivity index (χ4n) is 1.37. The summed E-state index contributed by atoms with van der Waals surface area (Å²) in [6.45, 7) is 3.65. The zero-order valence-corrected chi connectivity index (χ0v) is 12.1. The molecule has 0 atom stereocenters. The quantitative estimate of drug-likeness (QED) is 0.792. The first-order valence-electron chi connectivity index (χ1n) is 5.84.